The topological polar surface area (TPSA) is 486 Å². The summed E-state index contributed by atoms with van der Waals surface area (Å²) in [6.45, 7) is 14.0. The molecule has 0 aromatic carbocycles. The van der Waals surface area contributed by atoms with Crippen LogP contribution in [0.4, 0.5) is 0 Å². The van der Waals surface area contributed by atoms with Crippen molar-refractivity contribution < 1.29 is 58.2 Å². The van der Waals surface area contributed by atoms with E-state index in [1.807, 2.05) is 13.8 Å². The van der Waals surface area contributed by atoms with Crippen LogP contribution in [-0.2, 0) is 47.9 Å². The SMILES string of the molecule is CC(C)C[C@H](NC(=O)[C@@H]1CCCN1)C(=O)N[C@@H](CCCN=C(N)N)C(=O)N[C@@H](CCCN=C(N)N)C(=O)N[C@H](C(=O)N[C@@H](CC(C)C)C(=O)N[C@@H](CO)C(=O)N[C@H](C(=O)N[C@@H](C)C(=O)N[C@@H](C)C(N)=O)C(C)C)[C@@H](C)O. The van der Waals surface area contributed by atoms with Crippen molar-refractivity contribution in [2.24, 2.45) is 56.4 Å². The normalized spacial score (nSPS) is 17.1. The molecule has 22 N–H and O–H groups in total. The molecule has 29 heteroatoms. The average molecular weight is 1080 g/mol. The first-order chi connectivity index (χ1) is 35.5. The molecule has 0 spiro atoms. The molecule has 1 fully saturated rings. The quantitative estimate of drug-likeness (QED) is 0.0162. The van der Waals surface area contributed by atoms with Gasteiger partial charge in [-0.1, -0.05) is 41.5 Å². The average Bonchev–Trinajstić information content (AvgIpc) is 3.87. The molecule has 76 heavy (non-hydrogen) atoms. The molecule has 0 radical (unpaired) electrons. The third kappa shape index (κ3) is 25.1. The Morgan fingerprint density at radius 1 is 0.513 bits per heavy atom. The van der Waals surface area contributed by atoms with Crippen LogP contribution < -0.4 is 81.8 Å². The summed E-state index contributed by atoms with van der Waals surface area (Å²) >= 11 is 0. The number of nitrogens with zero attached hydrogens (tertiary/aromatic N) is 2. The number of guanidine groups is 2. The molecule has 1 heterocycles. The summed E-state index contributed by atoms with van der Waals surface area (Å²) < 4.78 is 0. The second kappa shape index (κ2) is 33.9. The zero-order valence-electron chi connectivity index (χ0n) is 45.3. The minimum atomic E-state index is -1.76. The lowest BCUT2D eigenvalue weighted by Crippen LogP contribution is -2.62. The van der Waals surface area contributed by atoms with E-state index in [0.717, 1.165) is 6.42 Å². The van der Waals surface area contributed by atoms with Gasteiger partial charge in [-0.25, -0.2) is 0 Å². The van der Waals surface area contributed by atoms with Crippen molar-refractivity contribution in [2.75, 3.05) is 26.2 Å². The van der Waals surface area contributed by atoms with E-state index in [4.69, 9.17) is 28.7 Å². The highest BCUT2D eigenvalue weighted by Gasteiger charge is 2.37. The number of nitrogens with two attached hydrogens (primary N) is 5. The highest BCUT2D eigenvalue weighted by Crippen LogP contribution is 2.13. The van der Waals surface area contributed by atoms with Gasteiger partial charge < -0.3 is 92.0 Å². The van der Waals surface area contributed by atoms with Crippen molar-refractivity contribution >= 4 is 71.0 Å². The summed E-state index contributed by atoms with van der Waals surface area (Å²) in [5.74, 6) is -9.58. The Bertz CT molecular complexity index is 2020. The molecule has 0 unspecified atom stereocenters. The Labute approximate surface area is 444 Å². The van der Waals surface area contributed by atoms with Crippen LogP contribution in [0.1, 0.15) is 114 Å². The number of hydrogen-bond donors (Lipinski definition) is 17. The Balaban J connectivity index is 3.43. The Kier molecular flexibility index (Phi) is 30.0. The molecule has 1 saturated heterocycles. The second-order valence-corrected chi connectivity index (χ2v) is 20.1. The predicted octanol–water partition coefficient (Wildman–Crippen LogP) is -6.14. The molecule has 10 amide bonds. The molecule has 0 aromatic rings. The van der Waals surface area contributed by atoms with Crippen molar-refractivity contribution in [1.29, 1.82) is 0 Å². The van der Waals surface area contributed by atoms with Gasteiger partial charge in [0.2, 0.25) is 59.1 Å². The van der Waals surface area contributed by atoms with Gasteiger partial charge >= 0.3 is 0 Å². The second-order valence-electron chi connectivity index (χ2n) is 20.1. The van der Waals surface area contributed by atoms with Gasteiger partial charge in [0.15, 0.2) is 11.9 Å². The van der Waals surface area contributed by atoms with Gasteiger partial charge in [0, 0.05) is 13.1 Å². The molecule has 1 rings (SSSR count). The fourth-order valence-electron chi connectivity index (χ4n) is 7.63. The van der Waals surface area contributed by atoms with E-state index in [2.05, 4.69) is 63.2 Å². The predicted molar refractivity (Wildman–Crippen MR) is 281 cm³/mol. The van der Waals surface area contributed by atoms with Gasteiger partial charge in [0.05, 0.1) is 18.8 Å². The summed E-state index contributed by atoms with van der Waals surface area (Å²) in [5.41, 5.74) is 27.2. The van der Waals surface area contributed by atoms with Crippen molar-refractivity contribution in [3.8, 4) is 0 Å². The fraction of sp³-hybridized carbons (Fsp3) is 0.745. The molecule has 0 bridgehead atoms. The van der Waals surface area contributed by atoms with Crippen LogP contribution in [0.2, 0.25) is 0 Å². The van der Waals surface area contributed by atoms with Crippen LogP contribution in [0.25, 0.3) is 0 Å². The van der Waals surface area contributed by atoms with E-state index in [1.165, 1.54) is 20.8 Å². The summed E-state index contributed by atoms with van der Waals surface area (Å²) in [6.07, 6.45) is 0.0420. The number of carbonyl (C=O) groups is 10. The summed E-state index contributed by atoms with van der Waals surface area (Å²) in [7, 11) is 0. The minimum Gasteiger partial charge on any atom is -0.394 e. The van der Waals surface area contributed by atoms with Gasteiger partial charge in [0.25, 0.3) is 0 Å². The largest absolute Gasteiger partial charge is 0.394 e. The standard InChI is InChI=1S/C47H87N17O12/c1-22(2)19-31(60-38(69)28-13-10-16-53-28)41(72)59-29(14-11-17-54-46(49)50)39(70)58-30(15-12-18-55-47(51)52)40(71)64-35(27(9)66)45(76)61-32(20-23(3)4)42(73)62-33(21-65)43(74)63-34(24(5)6)44(75)57-26(8)37(68)56-25(7)36(48)67/h22-35,53,65-66H,10-21H2,1-9H3,(H2,48,67)(H,56,68)(H,57,75)(H,58,70)(H,59,72)(H,60,69)(H,61,76)(H,62,73)(H,63,74)(H,64,71)(H4,49,50,54)(H4,51,52,55)/t25-,26-,27+,28-,29-,30-,31-,32-,33-,34-,35-/m0/s1. The van der Waals surface area contributed by atoms with Crippen LogP contribution in [0.5, 0.6) is 0 Å². The molecule has 29 nitrogen and oxygen atoms in total. The number of rotatable bonds is 34. The van der Waals surface area contributed by atoms with E-state index in [1.54, 1.807) is 27.7 Å². The van der Waals surface area contributed by atoms with E-state index in [0.29, 0.717) is 13.0 Å². The zero-order valence-corrected chi connectivity index (χ0v) is 45.3. The smallest absolute Gasteiger partial charge is 0.245 e. The zero-order chi connectivity index (χ0) is 58.0. The van der Waals surface area contributed by atoms with Gasteiger partial charge in [-0.15, -0.1) is 0 Å². The number of nitrogens with one attached hydrogen (secondary N) is 10. The molecule has 0 saturated carbocycles. The fourth-order valence-corrected chi connectivity index (χ4v) is 7.63. The molecule has 0 aliphatic carbocycles. The maximum absolute atomic E-state index is 14.2. The first-order valence-corrected chi connectivity index (χ1v) is 25.6. The van der Waals surface area contributed by atoms with Crippen LogP contribution >= 0.6 is 0 Å². The van der Waals surface area contributed by atoms with E-state index in [-0.39, 0.29) is 81.3 Å². The highest BCUT2D eigenvalue weighted by molar-refractivity contribution is 5.98. The van der Waals surface area contributed by atoms with Crippen molar-refractivity contribution in [3.63, 3.8) is 0 Å². The Morgan fingerprint density at radius 3 is 1.34 bits per heavy atom. The summed E-state index contributed by atoms with van der Waals surface area (Å²) in [4.78, 5) is 142. The number of aliphatic imine (C=N–C) groups is 2. The Hall–Kier alpha value is -6.88. The molecule has 432 valence electrons. The summed E-state index contributed by atoms with van der Waals surface area (Å²) in [6, 6.07) is -12.6. The molecule has 11 atom stereocenters. The molecule has 0 aromatic heterocycles. The molecule has 1 aliphatic heterocycles. The van der Waals surface area contributed by atoms with Crippen molar-refractivity contribution in [1.82, 2.24) is 53.2 Å². The number of aliphatic hydroxyl groups is 2. The van der Waals surface area contributed by atoms with Crippen LogP contribution in [0.3, 0.4) is 0 Å². The highest BCUT2D eigenvalue weighted by atomic mass is 16.3. The molecule has 1 aliphatic rings. The molecular weight excluding hydrogens is 995 g/mol. The number of aliphatic hydroxyl groups excluding tert-OH is 2. The van der Waals surface area contributed by atoms with Crippen LogP contribution in [-0.4, -0.2) is 174 Å². The maximum Gasteiger partial charge on any atom is 0.245 e. The number of hydrogen-bond acceptors (Lipinski definition) is 15. The summed E-state index contributed by atoms with van der Waals surface area (Å²) in [5, 5.41) is 46.9. The number of amides is 10. The number of primary amides is 1. The van der Waals surface area contributed by atoms with Gasteiger partial charge in [0.1, 0.15) is 54.4 Å². The van der Waals surface area contributed by atoms with E-state index in [9.17, 15) is 58.2 Å². The molecular formula is C47H87N17O12. The lowest BCUT2D eigenvalue weighted by Gasteiger charge is -2.29. The third-order valence-electron chi connectivity index (χ3n) is 11.9. The maximum atomic E-state index is 14.2. The Morgan fingerprint density at radius 2 is 0.921 bits per heavy atom. The van der Waals surface area contributed by atoms with E-state index >= 15 is 0 Å². The van der Waals surface area contributed by atoms with Crippen LogP contribution in [0.15, 0.2) is 9.98 Å². The van der Waals surface area contributed by atoms with Gasteiger partial charge in [-0.05, 0) is 96.4 Å². The first kappa shape index (κ1) is 67.1. The minimum absolute atomic E-state index is 0.00852. The van der Waals surface area contributed by atoms with E-state index < -0.39 is 132 Å². The lowest BCUT2D eigenvalue weighted by atomic mass is 10.0. The monoisotopic (exact) mass is 1080 g/mol. The number of carbonyl (C=O) groups excluding carboxylic acids is 10. The van der Waals surface area contributed by atoms with Crippen molar-refractivity contribution in [2.45, 2.75) is 180 Å². The first-order valence-electron chi connectivity index (χ1n) is 25.6. The van der Waals surface area contributed by atoms with Gasteiger partial charge in [-0.2, -0.15) is 0 Å². The van der Waals surface area contributed by atoms with Crippen LogP contribution in [0, 0.1) is 17.8 Å². The van der Waals surface area contributed by atoms with Gasteiger partial charge in [-0.3, -0.25) is 57.9 Å². The lowest BCUT2D eigenvalue weighted by molar-refractivity contribution is -0.137. The van der Waals surface area contributed by atoms with Crippen molar-refractivity contribution in [3.05, 3.63) is 0 Å². The third-order valence-corrected chi connectivity index (χ3v) is 11.9.